The molecule has 0 aliphatic carbocycles. The molecule has 12 heavy (non-hydrogen) atoms. The number of hydrogen-bond donors (Lipinski definition) is 1. The Bertz CT molecular complexity index is 399. The standard InChI is InChI=1S/C7H5N3O2/c1-4-5(9-10-8-4)2-7-6(1)11-3-12-7/h1-2H,3H2,(H,8,9,10). The van der Waals surface area contributed by atoms with E-state index < -0.39 is 0 Å². The van der Waals surface area contributed by atoms with Gasteiger partial charge in [0.25, 0.3) is 0 Å². The molecule has 5 heteroatoms. The smallest absolute Gasteiger partial charge is 0.231 e. The Labute approximate surface area is 67.3 Å². The van der Waals surface area contributed by atoms with Crippen molar-refractivity contribution in [2.75, 3.05) is 6.79 Å². The van der Waals surface area contributed by atoms with Crippen LogP contribution in [-0.2, 0) is 0 Å². The summed E-state index contributed by atoms with van der Waals surface area (Å²) in [4.78, 5) is 0. The van der Waals surface area contributed by atoms with Crippen molar-refractivity contribution in [3.8, 4) is 11.5 Å². The van der Waals surface area contributed by atoms with Gasteiger partial charge in [-0.15, -0.1) is 5.10 Å². The van der Waals surface area contributed by atoms with Gasteiger partial charge in [0.1, 0.15) is 5.52 Å². The van der Waals surface area contributed by atoms with Crippen molar-refractivity contribution < 1.29 is 9.47 Å². The lowest BCUT2D eigenvalue weighted by atomic mass is 10.3. The fourth-order valence-electron chi connectivity index (χ4n) is 1.24. The van der Waals surface area contributed by atoms with Gasteiger partial charge in [-0.05, 0) is 0 Å². The molecule has 60 valence electrons. The van der Waals surface area contributed by atoms with Gasteiger partial charge in [0, 0.05) is 12.1 Å². The first-order valence-corrected chi connectivity index (χ1v) is 3.54. The Kier molecular flexibility index (Phi) is 0.910. The summed E-state index contributed by atoms with van der Waals surface area (Å²) >= 11 is 0. The number of hydrogen-bond acceptors (Lipinski definition) is 4. The molecular weight excluding hydrogens is 158 g/mol. The molecule has 1 aromatic heterocycles. The third-order valence-electron chi connectivity index (χ3n) is 1.82. The second-order valence-corrected chi connectivity index (χ2v) is 2.53. The first kappa shape index (κ1) is 5.82. The topological polar surface area (TPSA) is 60.0 Å². The molecule has 2 heterocycles. The molecule has 0 unspecified atom stereocenters. The third kappa shape index (κ3) is 0.623. The van der Waals surface area contributed by atoms with E-state index in [1.165, 1.54) is 0 Å². The molecule has 0 radical (unpaired) electrons. The zero-order valence-electron chi connectivity index (χ0n) is 6.07. The summed E-state index contributed by atoms with van der Waals surface area (Å²) in [7, 11) is 0. The zero-order valence-corrected chi connectivity index (χ0v) is 6.07. The maximum atomic E-state index is 5.18. The molecule has 5 nitrogen and oxygen atoms in total. The van der Waals surface area contributed by atoms with Crippen molar-refractivity contribution >= 4 is 11.0 Å². The second-order valence-electron chi connectivity index (χ2n) is 2.53. The molecule has 1 aliphatic heterocycles. The fraction of sp³-hybridized carbons (Fsp3) is 0.143. The highest BCUT2D eigenvalue weighted by molar-refractivity contribution is 5.78. The largest absolute Gasteiger partial charge is 0.454 e. The maximum absolute atomic E-state index is 5.18. The van der Waals surface area contributed by atoms with Gasteiger partial charge in [0.15, 0.2) is 11.5 Å². The third-order valence-corrected chi connectivity index (χ3v) is 1.82. The van der Waals surface area contributed by atoms with Gasteiger partial charge in [-0.2, -0.15) is 0 Å². The van der Waals surface area contributed by atoms with Gasteiger partial charge >= 0.3 is 0 Å². The molecule has 1 N–H and O–H groups in total. The molecule has 0 spiro atoms. The summed E-state index contributed by atoms with van der Waals surface area (Å²) < 4.78 is 10.4. The molecule has 0 atom stereocenters. The van der Waals surface area contributed by atoms with Crippen LogP contribution in [0.25, 0.3) is 11.0 Å². The normalized spacial score (nSPS) is 14.0. The van der Waals surface area contributed by atoms with Crippen LogP contribution in [0, 0.1) is 0 Å². The van der Waals surface area contributed by atoms with Crippen LogP contribution in [0.4, 0.5) is 0 Å². The number of ether oxygens (including phenoxy) is 2. The molecule has 0 bridgehead atoms. The van der Waals surface area contributed by atoms with E-state index in [1.807, 2.05) is 6.07 Å². The highest BCUT2D eigenvalue weighted by Crippen LogP contribution is 2.34. The lowest BCUT2D eigenvalue weighted by molar-refractivity contribution is 0.174. The van der Waals surface area contributed by atoms with Crippen LogP contribution >= 0.6 is 0 Å². The van der Waals surface area contributed by atoms with Crippen LogP contribution in [0.1, 0.15) is 0 Å². The number of H-pyrrole nitrogens is 1. The molecule has 0 amide bonds. The monoisotopic (exact) mass is 163 g/mol. The van der Waals surface area contributed by atoms with Gasteiger partial charge in [0.2, 0.25) is 6.79 Å². The van der Waals surface area contributed by atoms with Crippen LogP contribution in [0.2, 0.25) is 0 Å². The summed E-state index contributed by atoms with van der Waals surface area (Å²) in [5.74, 6) is 1.48. The Balaban J connectivity index is 2.38. The molecule has 0 fully saturated rings. The summed E-state index contributed by atoms with van der Waals surface area (Å²) in [5.41, 5.74) is 1.65. The Morgan fingerprint density at radius 3 is 3.00 bits per heavy atom. The molecular formula is C7H5N3O2. The summed E-state index contributed by atoms with van der Waals surface area (Å²) in [6.45, 7) is 0.287. The molecule has 0 saturated heterocycles. The van der Waals surface area contributed by atoms with Gasteiger partial charge < -0.3 is 9.47 Å². The number of nitrogens with one attached hydrogen (secondary N) is 1. The summed E-state index contributed by atoms with van der Waals surface area (Å²) in [5, 5.41) is 10.3. The summed E-state index contributed by atoms with van der Waals surface area (Å²) in [6.07, 6.45) is 0. The van der Waals surface area contributed by atoms with E-state index in [2.05, 4.69) is 15.4 Å². The second kappa shape index (κ2) is 1.88. The van der Waals surface area contributed by atoms with Crippen LogP contribution in [0.3, 0.4) is 0 Å². The predicted octanol–water partition coefficient (Wildman–Crippen LogP) is 0.687. The Hall–Kier alpha value is -1.78. The first-order chi connectivity index (χ1) is 5.93. The minimum atomic E-state index is 0.287. The molecule has 1 aromatic carbocycles. The Morgan fingerprint density at radius 2 is 2.08 bits per heavy atom. The van der Waals surface area contributed by atoms with Crippen molar-refractivity contribution in [1.29, 1.82) is 0 Å². The van der Waals surface area contributed by atoms with Crippen LogP contribution < -0.4 is 9.47 Å². The minimum absolute atomic E-state index is 0.287. The van der Waals surface area contributed by atoms with E-state index in [0.29, 0.717) is 0 Å². The molecule has 2 aromatic rings. The average molecular weight is 163 g/mol. The zero-order chi connectivity index (χ0) is 7.97. The van der Waals surface area contributed by atoms with Crippen molar-refractivity contribution in [3.63, 3.8) is 0 Å². The maximum Gasteiger partial charge on any atom is 0.231 e. The SMILES string of the molecule is c1c2c(cc3[nH]nnc13)OCO2. The van der Waals surface area contributed by atoms with Crippen molar-refractivity contribution in [1.82, 2.24) is 15.4 Å². The van der Waals surface area contributed by atoms with Gasteiger partial charge in [-0.1, -0.05) is 5.21 Å². The van der Waals surface area contributed by atoms with E-state index in [4.69, 9.17) is 9.47 Å². The quantitative estimate of drug-likeness (QED) is 0.620. The van der Waals surface area contributed by atoms with E-state index in [9.17, 15) is 0 Å². The number of aromatic amines is 1. The molecule has 0 saturated carbocycles. The van der Waals surface area contributed by atoms with E-state index in [-0.39, 0.29) is 6.79 Å². The number of rotatable bonds is 0. The van der Waals surface area contributed by atoms with Gasteiger partial charge in [0.05, 0.1) is 5.52 Å². The highest BCUT2D eigenvalue weighted by atomic mass is 16.7. The van der Waals surface area contributed by atoms with Crippen LogP contribution in [0.5, 0.6) is 11.5 Å². The van der Waals surface area contributed by atoms with Crippen molar-refractivity contribution in [3.05, 3.63) is 12.1 Å². The average Bonchev–Trinajstić information content (AvgIpc) is 2.64. The summed E-state index contributed by atoms with van der Waals surface area (Å²) in [6, 6.07) is 3.64. The van der Waals surface area contributed by atoms with E-state index >= 15 is 0 Å². The van der Waals surface area contributed by atoms with Crippen LogP contribution in [-0.4, -0.2) is 22.2 Å². The van der Waals surface area contributed by atoms with Crippen molar-refractivity contribution in [2.45, 2.75) is 0 Å². The number of nitrogens with zero attached hydrogens (tertiary/aromatic N) is 2. The van der Waals surface area contributed by atoms with Gasteiger partial charge in [-0.25, -0.2) is 0 Å². The fourth-order valence-corrected chi connectivity index (χ4v) is 1.24. The van der Waals surface area contributed by atoms with Crippen molar-refractivity contribution in [2.24, 2.45) is 0 Å². The highest BCUT2D eigenvalue weighted by Gasteiger charge is 2.14. The number of fused-ring (bicyclic) bond motifs is 2. The van der Waals surface area contributed by atoms with Crippen LogP contribution in [0.15, 0.2) is 12.1 Å². The molecule has 1 aliphatic rings. The number of benzene rings is 1. The van der Waals surface area contributed by atoms with E-state index in [0.717, 1.165) is 22.5 Å². The molecule has 3 rings (SSSR count). The van der Waals surface area contributed by atoms with Gasteiger partial charge in [-0.3, -0.25) is 5.10 Å². The predicted molar refractivity (Wildman–Crippen MR) is 40.0 cm³/mol. The lowest BCUT2D eigenvalue weighted by Gasteiger charge is -1.92. The number of aromatic nitrogens is 3. The first-order valence-electron chi connectivity index (χ1n) is 3.54. The minimum Gasteiger partial charge on any atom is -0.454 e. The Morgan fingerprint density at radius 1 is 1.25 bits per heavy atom. The lowest BCUT2D eigenvalue weighted by Crippen LogP contribution is -1.92. The van der Waals surface area contributed by atoms with E-state index in [1.54, 1.807) is 6.07 Å².